The third kappa shape index (κ3) is 6.66. The number of hydrogen-bond donors (Lipinski definition) is 1. The first kappa shape index (κ1) is 20.1. The van der Waals surface area contributed by atoms with E-state index in [0.29, 0.717) is 0 Å². The van der Waals surface area contributed by atoms with Gasteiger partial charge in [0.15, 0.2) is 5.69 Å². The van der Waals surface area contributed by atoms with Crippen LogP contribution in [0.2, 0.25) is 24.2 Å². The predicted molar refractivity (Wildman–Crippen MR) is 103 cm³/mol. The smallest absolute Gasteiger partial charge is 0.270 e. The fourth-order valence-corrected chi connectivity index (χ4v) is 9.16. The van der Waals surface area contributed by atoms with E-state index in [1.807, 2.05) is 0 Å². The summed E-state index contributed by atoms with van der Waals surface area (Å²) in [4.78, 5) is 11.1. The highest BCUT2D eigenvalue weighted by molar-refractivity contribution is 6.81. The highest BCUT2D eigenvalue weighted by atomic mass is 28.3. The van der Waals surface area contributed by atoms with Crippen LogP contribution in [0.5, 0.6) is 0 Å². The average molecular weight is 347 g/mol. The lowest BCUT2D eigenvalue weighted by atomic mass is 10.4. The lowest BCUT2D eigenvalue weighted by Crippen LogP contribution is -2.35. The van der Waals surface area contributed by atoms with Gasteiger partial charge in [-0.1, -0.05) is 28.0 Å². The second-order valence-electron chi connectivity index (χ2n) is 7.24. The summed E-state index contributed by atoms with van der Waals surface area (Å²) in [6, 6.07) is 4.43. The number of amides is 1. The Morgan fingerprint density at radius 2 is 1.62 bits per heavy atom. The Hall–Kier alpha value is -1.95. The first-order valence-corrected chi connectivity index (χ1v) is 11.1. The monoisotopic (exact) mass is 346 g/mol. The summed E-state index contributed by atoms with van der Waals surface area (Å²) in [7, 11) is -1.61. The van der Waals surface area contributed by atoms with Crippen LogP contribution in [-0.2, 0) is 6.54 Å². The zero-order valence-corrected chi connectivity index (χ0v) is 16.3. The van der Waals surface area contributed by atoms with Crippen LogP contribution in [0.1, 0.15) is 37.7 Å². The maximum atomic E-state index is 11.1. The summed E-state index contributed by atoms with van der Waals surface area (Å²) >= 11 is 0. The van der Waals surface area contributed by atoms with Crippen molar-refractivity contribution in [3.63, 3.8) is 0 Å². The standard InChI is InChI=1S/C18H30N4OSi/c1-14(2)11-24(12-15(3)4,13-16(5)6)9-7-8-22-10-17(18(19)23)20-21-22/h10H,1,3,5,7-9,11-13H2,2,4,6H3,(H2,19,23). The van der Waals surface area contributed by atoms with E-state index in [0.717, 1.165) is 37.1 Å². The zero-order chi connectivity index (χ0) is 18.3. The minimum absolute atomic E-state index is 0.212. The van der Waals surface area contributed by atoms with Gasteiger partial charge in [0.1, 0.15) is 0 Å². The summed E-state index contributed by atoms with van der Waals surface area (Å²) in [6.45, 7) is 19.5. The van der Waals surface area contributed by atoms with Crippen molar-refractivity contribution < 1.29 is 4.79 Å². The minimum atomic E-state index is -1.61. The first-order chi connectivity index (χ1) is 11.1. The second-order valence-corrected chi connectivity index (χ2v) is 11.8. The van der Waals surface area contributed by atoms with Gasteiger partial charge in [0.2, 0.25) is 0 Å². The molecule has 5 nitrogen and oxygen atoms in total. The van der Waals surface area contributed by atoms with Crippen molar-refractivity contribution >= 4 is 14.0 Å². The van der Waals surface area contributed by atoms with Crippen LogP contribution in [0.4, 0.5) is 0 Å². The molecule has 0 fully saturated rings. The molecule has 1 heterocycles. The molecular formula is C18H30N4OSi. The van der Waals surface area contributed by atoms with Crippen LogP contribution in [0.3, 0.4) is 0 Å². The van der Waals surface area contributed by atoms with Crippen molar-refractivity contribution in [2.75, 3.05) is 0 Å². The Morgan fingerprint density at radius 1 is 1.12 bits per heavy atom. The predicted octanol–water partition coefficient (Wildman–Crippen LogP) is 3.94. The Kier molecular flexibility index (Phi) is 7.35. The molecule has 0 aliphatic rings. The molecule has 6 heteroatoms. The number of rotatable bonds is 11. The van der Waals surface area contributed by atoms with Crippen molar-refractivity contribution in [3.05, 3.63) is 48.3 Å². The second kappa shape index (κ2) is 8.77. The summed E-state index contributed by atoms with van der Waals surface area (Å²) < 4.78 is 1.70. The topological polar surface area (TPSA) is 73.8 Å². The van der Waals surface area contributed by atoms with E-state index in [-0.39, 0.29) is 5.69 Å². The number of aromatic nitrogens is 3. The third-order valence-corrected chi connectivity index (χ3v) is 9.39. The molecule has 132 valence electrons. The minimum Gasteiger partial charge on any atom is -0.364 e. The molecule has 0 bridgehead atoms. The Balaban J connectivity index is 2.81. The molecule has 2 N–H and O–H groups in total. The van der Waals surface area contributed by atoms with Crippen LogP contribution in [0.25, 0.3) is 0 Å². The van der Waals surface area contributed by atoms with Crippen molar-refractivity contribution in [2.24, 2.45) is 5.73 Å². The molecule has 1 amide bonds. The van der Waals surface area contributed by atoms with Gasteiger partial charge in [0.25, 0.3) is 5.91 Å². The van der Waals surface area contributed by atoms with E-state index < -0.39 is 14.0 Å². The number of nitrogens with two attached hydrogens (primary N) is 1. The number of aryl methyl sites for hydroxylation is 1. The Morgan fingerprint density at radius 3 is 2.00 bits per heavy atom. The normalized spacial score (nSPS) is 11.3. The number of carbonyl (C=O) groups is 1. The fraction of sp³-hybridized carbons (Fsp3) is 0.500. The van der Waals surface area contributed by atoms with Crippen LogP contribution in [-0.4, -0.2) is 29.0 Å². The van der Waals surface area contributed by atoms with Gasteiger partial charge in [-0.2, -0.15) is 0 Å². The van der Waals surface area contributed by atoms with Crippen LogP contribution < -0.4 is 5.73 Å². The fourth-order valence-electron chi connectivity index (χ4n) is 3.51. The summed E-state index contributed by atoms with van der Waals surface area (Å²) in [5.41, 5.74) is 9.14. The molecule has 0 spiro atoms. The Labute approximate surface area is 146 Å². The molecule has 0 aromatic carbocycles. The van der Waals surface area contributed by atoms with Crippen LogP contribution in [0.15, 0.2) is 42.7 Å². The zero-order valence-electron chi connectivity index (χ0n) is 15.3. The molecule has 1 rings (SSSR count). The van der Waals surface area contributed by atoms with E-state index in [2.05, 4.69) is 50.8 Å². The summed E-state index contributed by atoms with van der Waals surface area (Å²) in [5.74, 6) is -0.545. The SMILES string of the molecule is C=C(C)C[Si](CCCn1cc(C(N)=O)nn1)(CC(=C)C)CC(=C)C. The van der Waals surface area contributed by atoms with Gasteiger partial charge >= 0.3 is 0 Å². The Bertz CT molecular complexity index is 592. The molecule has 0 atom stereocenters. The first-order valence-electron chi connectivity index (χ1n) is 8.27. The van der Waals surface area contributed by atoms with Gasteiger partial charge in [-0.05, 0) is 45.3 Å². The van der Waals surface area contributed by atoms with E-state index in [1.165, 1.54) is 16.7 Å². The number of nitrogens with zero attached hydrogens (tertiary/aromatic N) is 3. The highest BCUT2D eigenvalue weighted by Gasteiger charge is 2.32. The molecule has 0 unspecified atom stereocenters. The number of allylic oxidation sites excluding steroid dienone is 3. The van der Waals surface area contributed by atoms with Crippen molar-refractivity contribution in [3.8, 4) is 0 Å². The van der Waals surface area contributed by atoms with Crippen molar-refractivity contribution in [1.29, 1.82) is 0 Å². The number of hydrogen-bond acceptors (Lipinski definition) is 3. The van der Waals surface area contributed by atoms with E-state index in [9.17, 15) is 4.79 Å². The van der Waals surface area contributed by atoms with Gasteiger partial charge < -0.3 is 5.73 Å². The van der Waals surface area contributed by atoms with Gasteiger partial charge in [-0.25, -0.2) is 0 Å². The average Bonchev–Trinajstić information content (AvgIpc) is 2.84. The molecule has 0 aliphatic heterocycles. The molecule has 1 aromatic heterocycles. The van der Waals surface area contributed by atoms with Gasteiger partial charge in [-0.15, -0.1) is 24.8 Å². The van der Waals surface area contributed by atoms with E-state index >= 15 is 0 Å². The largest absolute Gasteiger partial charge is 0.364 e. The van der Waals surface area contributed by atoms with Crippen LogP contribution >= 0.6 is 0 Å². The highest BCUT2D eigenvalue weighted by Crippen LogP contribution is 2.35. The molecule has 0 saturated heterocycles. The van der Waals surface area contributed by atoms with Gasteiger partial charge in [-0.3, -0.25) is 9.48 Å². The molecule has 0 aliphatic carbocycles. The summed E-state index contributed by atoms with van der Waals surface area (Å²) in [5, 5.41) is 7.75. The molecule has 0 saturated carbocycles. The van der Waals surface area contributed by atoms with Crippen LogP contribution in [0, 0.1) is 0 Å². The number of primary amides is 1. The molecular weight excluding hydrogens is 316 g/mol. The molecule has 0 radical (unpaired) electrons. The van der Waals surface area contributed by atoms with Gasteiger partial charge in [0, 0.05) is 6.54 Å². The van der Waals surface area contributed by atoms with Crippen molar-refractivity contribution in [2.45, 2.75) is 57.9 Å². The lowest BCUT2D eigenvalue weighted by molar-refractivity contribution is 0.0995. The molecule has 1 aromatic rings. The summed E-state index contributed by atoms with van der Waals surface area (Å²) in [6.07, 6.45) is 2.60. The number of carbonyl (C=O) groups excluding carboxylic acids is 1. The van der Waals surface area contributed by atoms with Gasteiger partial charge in [0.05, 0.1) is 14.3 Å². The van der Waals surface area contributed by atoms with E-state index in [4.69, 9.17) is 5.73 Å². The molecule has 24 heavy (non-hydrogen) atoms. The maximum absolute atomic E-state index is 11.1. The third-order valence-electron chi connectivity index (χ3n) is 3.92. The van der Waals surface area contributed by atoms with Crippen molar-refractivity contribution in [1.82, 2.24) is 15.0 Å². The van der Waals surface area contributed by atoms with E-state index in [1.54, 1.807) is 10.9 Å². The lowest BCUT2D eigenvalue weighted by Gasteiger charge is -2.33. The maximum Gasteiger partial charge on any atom is 0.270 e. The quantitative estimate of drug-likeness (QED) is 0.487.